The van der Waals surface area contributed by atoms with E-state index in [0.29, 0.717) is 0 Å². The molecule has 2 rings (SSSR count). The summed E-state index contributed by atoms with van der Waals surface area (Å²) in [7, 11) is 0. The molecule has 8 nitrogen and oxygen atoms in total. The molecule has 0 saturated carbocycles. The number of hydrogen-bond acceptors (Lipinski definition) is 5. The topological polar surface area (TPSA) is 109 Å². The number of halogens is 1. The summed E-state index contributed by atoms with van der Waals surface area (Å²) in [6, 6.07) is 6.90. The summed E-state index contributed by atoms with van der Waals surface area (Å²) < 4.78 is 4.90. The highest BCUT2D eigenvalue weighted by atomic mass is 35.5. The van der Waals surface area contributed by atoms with Gasteiger partial charge in [-0.2, -0.15) is 0 Å². The van der Waals surface area contributed by atoms with Gasteiger partial charge in [0, 0.05) is 12.1 Å². The van der Waals surface area contributed by atoms with E-state index in [9.17, 15) is 14.9 Å². The molecule has 0 bridgehead atoms. The van der Waals surface area contributed by atoms with E-state index < -0.39 is 10.8 Å². The maximum Gasteiger partial charge on any atom is 0.305 e. The Bertz CT molecular complexity index is 720. The van der Waals surface area contributed by atoms with Crippen LogP contribution < -0.4 is 16.2 Å². The van der Waals surface area contributed by atoms with Crippen molar-refractivity contribution in [2.24, 2.45) is 0 Å². The zero-order chi connectivity index (χ0) is 16.1. The first-order valence-corrected chi connectivity index (χ1v) is 6.61. The fourth-order valence-corrected chi connectivity index (χ4v) is 1.78. The Kier molecular flexibility index (Phi) is 4.92. The van der Waals surface area contributed by atoms with Crippen molar-refractivity contribution in [3.05, 3.63) is 57.5 Å². The number of hydrazine groups is 1. The Labute approximate surface area is 134 Å². The van der Waals surface area contributed by atoms with Crippen LogP contribution in [0.5, 0.6) is 0 Å². The maximum absolute atomic E-state index is 11.6. The van der Waals surface area contributed by atoms with E-state index in [1.807, 2.05) is 0 Å². The van der Waals surface area contributed by atoms with Gasteiger partial charge in [-0.3, -0.25) is 25.8 Å². The second kappa shape index (κ2) is 6.87. The molecule has 2 aromatic rings. The average Bonchev–Trinajstić information content (AvgIpc) is 3.01. The minimum atomic E-state index is -0.559. The van der Waals surface area contributed by atoms with Crippen LogP contribution in [0.15, 0.2) is 41.0 Å². The van der Waals surface area contributed by atoms with Crippen molar-refractivity contribution in [2.45, 2.75) is 0 Å². The van der Waals surface area contributed by atoms with Gasteiger partial charge < -0.3 is 9.73 Å². The molecule has 0 saturated heterocycles. The zero-order valence-electron chi connectivity index (χ0n) is 10.8. The number of nitro benzene ring substituents is 1. The third-order valence-electron chi connectivity index (χ3n) is 2.44. The Balaban J connectivity index is 1.96. The molecule has 3 N–H and O–H groups in total. The molecule has 10 heteroatoms. The molecule has 1 aromatic carbocycles. The van der Waals surface area contributed by atoms with Gasteiger partial charge in [-0.05, 0) is 30.4 Å². The first-order valence-electron chi connectivity index (χ1n) is 5.82. The number of nitro groups is 1. The number of nitrogens with one attached hydrogen (secondary N) is 3. The van der Waals surface area contributed by atoms with Crippen LogP contribution in [0.2, 0.25) is 5.02 Å². The number of nitrogens with zero attached hydrogens (tertiary/aromatic N) is 1. The highest BCUT2D eigenvalue weighted by Crippen LogP contribution is 2.26. The number of non-ortho nitro benzene ring substituents is 1. The maximum atomic E-state index is 11.6. The van der Waals surface area contributed by atoms with Gasteiger partial charge in [0.05, 0.1) is 21.9 Å². The molecule has 0 fully saturated rings. The molecule has 114 valence electrons. The van der Waals surface area contributed by atoms with Crippen LogP contribution in [-0.2, 0) is 0 Å². The average molecular weight is 341 g/mol. The largest absolute Gasteiger partial charge is 0.459 e. The van der Waals surface area contributed by atoms with Crippen LogP contribution in [0.25, 0.3) is 0 Å². The highest BCUT2D eigenvalue weighted by molar-refractivity contribution is 7.80. The summed E-state index contributed by atoms with van der Waals surface area (Å²) in [6.45, 7) is 0. The highest BCUT2D eigenvalue weighted by Gasteiger charge is 2.12. The van der Waals surface area contributed by atoms with Crippen molar-refractivity contribution in [2.75, 3.05) is 5.32 Å². The van der Waals surface area contributed by atoms with Crippen LogP contribution in [-0.4, -0.2) is 15.9 Å². The first-order chi connectivity index (χ1) is 10.5. The number of thiocarbonyl (C=S) groups is 1. The second-order valence-electron chi connectivity index (χ2n) is 3.93. The minimum Gasteiger partial charge on any atom is -0.459 e. The van der Waals surface area contributed by atoms with Crippen molar-refractivity contribution in [1.82, 2.24) is 10.9 Å². The van der Waals surface area contributed by atoms with Gasteiger partial charge in [-0.15, -0.1) is 0 Å². The van der Waals surface area contributed by atoms with Gasteiger partial charge in [-0.25, -0.2) is 0 Å². The number of carbonyl (C=O) groups is 1. The van der Waals surface area contributed by atoms with Crippen molar-refractivity contribution < 1.29 is 14.1 Å². The molecule has 22 heavy (non-hydrogen) atoms. The third-order valence-corrected chi connectivity index (χ3v) is 2.98. The van der Waals surface area contributed by atoms with E-state index in [-0.39, 0.29) is 27.3 Å². The van der Waals surface area contributed by atoms with Crippen molar-refractivity contribution in [3.8, 4) is 0 Å². The molecular weight excluding hydrogens is 332 g/mol. The summed E-state index contributed by atoms with van der Waals surface area (Å²) >= 11 is 10.9. The van der Waals surface area contributed by atoms with Crippen LogP contribution in [0.3, 0.4) is 0 Å². The number of carbonyl (C=O) groups excluding carboxylic acids is 1. The Hall–Kier alpha value is -2.65. The fraction of sp³-hybridized carbons (Fsp3) is 0. The summed E-state index contributed by atoms with van der Waals surface area (Å²) in [4.78, 5) is 21.8. The van der Waals surface area contributed by atoms with Gasteiger partial charge in [-0.1, -0.05) is 11.6 Å². The lowest BCUT2D eigenvalue weighted by Crippen LogP contribution is -2.43. The predicted octanol–water partition coefficient (Wildman–Crippen LogP) is 2.47. The third kappa shape index (κ3) is 3.93. The van der Waals surface area contributed by atoms with Gasteiger partial charge in [0.2, 0.25) is 0 Å². The molecule has 0 spiro atoms. The van der Waals surface area contributed by atoms with Crippen LogP contribution in [0.4, 0.5) is 11.4 Å². The summed E-state index contributed by atoms with van der Waals surface area (Å²) in [5, 5.41) is 13.6. The SMILES string of the molecule is O=C(NNC(=S)Nc1cc([N+](=O)[O-])ccc1Cl)c1ccco1. The molecular formula is C12H9ClN4O4S. The monoisotopic (exact) mass is 340 g/mol. The van der Waals surface area contributed by atoms with E-state index in [2.05, 4.69) is 16.2 Å². The number of benzene rings is 1. The predicted molar refractivity (Wildman–Crippen MR) is 83.6 cm³/mol. The summed E-state index contributed by atoms with van der Waals surface area (Å²) in [5.74, 6) is -0.428. The number of furan rings is 1. The molecule has 1 amide bonds. The molecule has 0 aliphatic heterocycles. The number of amides is 1. The minimum absolute atomic E-state index is 0.00213. The van der Waals surface area contributed by atoms with Gasteiger partial charge in [0.15, 0.2) is 10.9 Å². The number of anilines is 1. The molecule has 0 radical (unpaired) electrons. The van der Waals surface area contributed by atoms with Crippen molar-refractivity contribution >= 4 is 46.2 Å². The van der Waals surface area contributed by atoms with Crippen LogP contribution in [0, 0.1) is 10.1 Å². The van der Waals surface area contributed by atoms with Crippen molar-refractivity contribution in [3.63, 3.8) is 0 Å². The Morgan fingerprint density at radius 3 is 2.73 bits per heavy atom. The lowest BCUT2D eigenvalue weighted by atomic mass is 10.3. The van der Waals surface area contributed by atoms with Crippen molar-refractivity contribution in [1.29, 1.82) is 0 Å². The Morgan fingerprint density at radius 2 is 2.09 bits per heavy atom. The zero-order valence-corrected chi connectivity index (χ0v) is 12.4. The smallest absolute Gasteiger partial charge is 0.305 e. The van der Waals surface area contributed by atoms with Crippen LogP contribution in [0.1, 0.15) is 10.6 Å². The Morgan fingerprint density at radius 1 is 1.32 bits per heavy atom. The molecule has 1 heterocycles. The molecule has 0 unspecified atom stereocenters. The molecule has 0 aliphatic carbocycles. The van der Waals surface area contributed by atoms with Gasteiger partial charge in [0.25, 0.3) is 5.69 Å². The normalized spacial score (nSPS) is 9.86. The summed E-state index contributed by atoms with van der Waals surface area (Å²) in [5.41, 5.74) is 4.82. The standard InChI is InChI=1S/C12H9ClN4O4S/c13-8-4-3-7(17(19)20)6-9(8)14-12(22)16-15-11(18)10-2-1-5-21-10/h1-6H,(H,15,18)(H2,14,16,22). The first kappa shape index (κ1) is 15.7. The lowest BCUT2D eigenvalue weighted by molar-refractivity contribution is -0.384. The number of hydrogen-bond donors (Lipinski definition) is 3. The van der Waals surface area contributed by atoms with E-state index >= 15 is 0 Å². The van der Waals surface area contributed by atoms with Gasteiger partial charge >= 0.3 is 5.91 Å². The van der Waals surface area contributed by atoms with E-state index in [1.54, 1.807) is 6.07 Å². The quantitative estimate of drug-likeness (QED) is 0.447. The lowest BCUT2D eigenvalue weighted by Gasteiger charge is -2.11. The molecule has 1 aromatic heterocycles. The number of rotatable bonds is 3. The molecule has 0 aliphatic rings. The van der Waals surface area contributed by atoms with Gasteiger partial charge in [0.1, 0.15) is 0 Å². The van der Waals surface area contributed by atoms with E-state index in [0.717, 1.165) is 0 Å². The second-order valence-corrected chi connectivity index (χ2v) is 4.75. The molecule has 0 atom stereocenters. The van der Waals surface area contributed by atoms with E-state index in [1.165, 1.54) is 30.5 Å². The summed E-state index contributed by atoms with van der Waals surface area (Å²) in [6.07, 6.45) is 1.36. The van der Waals surface area contributed by atoms with Crippen LogP contribution >= 0.6 is 23.8 Å². The fourth-order valence-electron chi connectivity index (χ4n) is 1.46. The van der Waals surface area contributed by atoms with E-state index in [4.69, 9.17) is 28.2 Å².